The summed E-state index contributed by atoms with van der Waals surface area (Å²) < 4.78 is 6.91. The monoisotopic (exact) mass is 298 g/mol. The molecule has 0 saturated carbocycles. The number of nitrogens with two attached hydrogens (primary N) is 1. The van der Waals surface area contributed by atoms with Crippen LogP contribution >= 0.6 is 0 Å². The zero-order valence-corrected chi connectivity index (χ0v) is 12.1. The molecule has 0 atom stereocenters. The van der Waals surface area contributed by atoms with E-state index in [1.54, 1.807) is 24.1 Å². The van der Waals surface area contributed by atoms with E-state index in [0.29, 0.717) is 23.3 Å². The minimum atomic E-state index is 0.386. The first kappa shape index (κ1) is 13.7. The molecule has 0 spiro atoms. The van der Waals surface area contributed by atoms with Gasteiger partial charge in [-0.15, -0.1) is 5.10 Å². The molecule has 0 saturated heterocycles. The van der Waals surface area contributed by atoms with E-state index < -0.39 is 0 Å². The van der Waals surface area contributed by atoms with Crippen molar-refractivity contribution in [1.82, 2.24) is 30.2 Å². The number of aryl methyl sites for hydroxylation is 1. The van der Waals surface area contributed by atoms with Crippen molar-refractivity contribution in [1.29, 1.82) is 0 Å². The number of nitrogen functional groups attached to an aromatic ring is 1. The number of anilines is 3. The van der Waals surface area contributed by atoms with Gasteiger partial charge in [-0.3, -0.25) is 0 Å². The first-order chi connectivity index (χ1) is 10.7. The minimum Gasteiger partial charge on any atom is -0.497 e. The van der Waals surface area contributed by atoms with E-state index in [0.717, 1.165) is 11.4 Å². The predicted molar refractivity (Wildman–Crippen MR) is 80.2 cm³/mol. The van der Waals surface area contributed by atoms with E-state index in [4.69, 9.17) is 10.5 Å². The molecule has 2 heterocycles. The molecule has 3 rings (SSSR count). The number of aromatic nitrogens is 6. The highest BCUT2D eigenvalue weighted by Gasteiger charge is 2.08. The summed E-state index contributed by atoms with van der Waals surface area (Å²) in [5, 5.41) is 14.5. The SMILES string of the molecule is COc1cc(Nc2nccc(N)n2)cc(-n2nnnc2C)c1. The number of rotatable bonds is 4. The summed E-state index contributed by atoms with van der Waals surface area (Å²) in [5.41, 5.74) is 7.14. The molecule has 0 radical (unpaired) electrons. The van der Waals surface area contributed by atoms with Gasteiger partial charge >= 0.3 is 0 Å². The molecule has 3 N–H and O–H groups in total. The van der Waals surface area contributed by atoms with Gasteiger partial charge in [-0.25, -0.2) is 4.98 Å². The van der Waals surface area contributed by atoms with Crippen LogP contribution in [0.2, 0.25) is 0 Å². The van der Waals surface area contributed by atoms with Gasteiger partial charge in [0.05, 0.1) is 12.8 Å². The Bertz CT molecular complexity index is 800. The van der Waals surface area contributed by atoms with Crippen LogP contribution in [0.15, 0.2) is 30.5 Å². The van der Waals surface area contributed by atoms with Gasteiger partial charge in [-0.2, -0.15) is 9.67 Å². The third kappa shape index (κ3) is 2.77. The largest absolute Gasteiger partial charge is 0.497 e. The Hall–Kier alpha value is -3.23. The van der Waals surface area contributed by atoms with Crippen LogP contribution in [0.25, 0.3) is 5.69 Å². The molecule has 2 aromatic heterocycles. The molecule has 22 heavy (non-hydrogen) atoms. The predicted octanol–water partition coefficient (Wildman–Crippen LogP) is 1.10. The second kappa shape index (κ2) is 5.64. The van der Waals surface area contributed by atoms with E-state index in [1.165, 1.54) is 0 Å². The maximum Gasteiger partial charge on any atom is 0.229 e. The van der Waals surface area contributed by atoms with Crippen molar-refractivity contribution >= 4 is 17.5 Å². The van der Waals surface area contributed by atoms with Crippen molar-refractivity contribution in [3.8, 4) is 11.4 Å². The van der Waals surface area contributed by atoms with Gasteiger partial charge in [0.2, 0.25) is 5.95 Å². The maximum atomic E-state index is 5.65. The number of methoxy groups -OCH3 is 1. The van der Waals surface area contributed by atoms with Crippen LogP contribution in [0.3, 0.4) is 0 Å². The lowest BCUT2D eigenvalue weighted by molar-refractivity contribution is 0.414. The molecule has 1 aromatic carbocycles. The van der Waals surface area contributed by atoms with Gasteiger partial charge in [-0.05, 0) is 29.5 Å². The molecule has 0 aliphatic heterocycles. The summed E-state index contributed by atoms with van der Waals surface area (Å²) in [5.74, 6) is 2.10. The maximum absolute atomic E-state index is 5.65. The van der Waals surface area contributed by atoms with Gasteiger partial charge < -0.3 is 15.8 Å². The molecule has 0 fully saturated rings. The number of benzene rings is 1. The van der Waals surface area contributed by atoms with Crippen LogP contribution in [-0.2, 0) is 0 Å². The Labute approximate surface area is 126 Å². The van der Waals surface area contributed by atoms with Crippen molar-refractivity contribution < 1.29 is 4.74 Å². The molecule has 3 aromatic rings. The molecule has 0 aliphatic carbocycles. The number of nitrogens with one attached hydrogen (secondary N) is 1. The van der Waals surface area contributed by atoms with E-state index >= 15 is 0 Å². The first-order valence-corrected chi connectivity index (χ1v) is 6.45. The fraction of sp³-hybridized carbons (Fsp3) is 0.154. The van der Waals surface area contributed by atoms with Gasteiger partial charge in [-0.1, -0.05) is 0 Å². The Morgan fingerprint density at radius 3 is 2.82 bits per heavy atom. The Morgan fingerprint density at radius 2 is 2.14 bits per heavy atom. The number of nitrogens with zero attached hydrogens (tertiary/aromatic N) is 6. The van der Waals surface area contributed by atoms with Crippen molar-refractivity contribution in [2.45, 2.75) is 6.92 Å². The lowest BCUT2D eigenvalue weighted by Gasteiger charge is -2.10. The van der Waals surface area contributed by atoms with Crippen LogP contribution in [0, 0.1) is 6.92 Å². The molecule has 0 aliphatic rings. The van der Waals surface area contributed by atoms with Gasteiger partial charge in [0, 0.05) is 24.0 Å². The third-order valence-corrected chi connectivity index (χ3v) is 2.93. The lowest BCUT2D eigenvalue weighted by Crippen LogP contribution is -2.03. The Morgan fingerprint density at radius 1 is 1.27 bits per heavy atom. The number of hydrogen-bond acceptors (Lipinski definition) is 8. The highest BCUT2D eigenvalue weighted by Crippen LogP contribution is 2.25. The number of hydrogen-bond donors (Lipinski definition) is 2. The van der Waals surface area contributed by atoms with E-state index in [9.17, 15) is 0 Å². The van der Waals surface area contributed by atoms with Crippen LogP contribution in [0.4, 0.5) is 17.5 Å². The van der Waals surface area contributed by atoms with Crippen LogP contribution in [0.1, 0.15) is 5.82 Å². The van der Waals surface area contributed by atoms with Gasteiger partial charge in [0.1, 0.15) is 11.6 Å². The smallest absolute Gasteiger partial charge is 0.229 e. The van der Waals surface area contributed by atoms with Crippen molar-refractivity contribution in [2.24, 2.45) is 0 Å². The van der Waals surface area contributed by atoms with E-state index in [-0.39, 0.29) is 0 Å². The molecule has 0 bridgehead atoms. The van der Waals surface area contributed by atoms with Crippen LogP contribution < -0.4 is 15.8 Å². The standard InChI is InChI=1S/C13H14N8O/c1-8-18-19-20-21(8)10-5-9(6-11(7-10)22-2)16-13-15-4-3-12(14)17-13/h3-7H,1-2H3,(H3,14,15,16,17). The normalized spacial score (nSPS) is 10.5. The molecule has 112 valence electrons. The molecule has 0 amide bonds. The topological polar surface area (TPSA) is 117 Å². The molecule has 9 heteroatoms. The van der Waals surface area contributed by atoms with Gasteiger partial charge in [0.25, 0.3) is 0 Å². The fourth-order valence-electron chi connectivity index (χ4n) is 1.93. The third-order valence-electron chi connectivity index (χ3n) is 2.93. The van der Waals surface area contributed by atoms with Crippen LogP contribution in [-0.4, -0.2) is 37.3 Å². The fourth-order valence-corrected chi connectivity index (χ4v) is 1.93. The average molecular weight is 298 g/mol. The van der Waals surface area contributed by atoms with Crippen molar-refractivity contribution in [2.75, 3.05) is 18.2 Å². The highest BCUT2D eigenvalue weighted by molar-refractivity contribution is 5.61. The van der Waals surface area contributed by atoms with Gasteiger partial charge in [0.15, 0.2) is 5.82 Å². The zero-order chi connectivity index (χ0) is 15.5. The van der Waals surface area contributed by atoms with Crippen molar-refractivity contribution in [3.63, 3.8) is 0 Å². The zero-order valence-electron chi connectivity index (χ0n) is 12.1. The quantitative estimate of drug-likeness (QED) is 0.735. The summed E-state index contributed by atoms with van der Waals surface area (Å²) in [6.45, 7) is 1.81. The first-order valence-electron chi connectivity index (χ1n) is 6.45. The highest BCUT2D eigenvalue weighted by atomic mass is 16.5. The second-order valence-corrected chi connectivity index (χ2v) is 4.49. The second-order valence-electron chi connectivity index (χ2n) is 4.49. The molecule has 0 unspecified atom stereocenters. The minimum absolute atomic E-state index is 0.386. The number of ether oxygens (including phenoxy) is 1. The Balaban J connectivity index is 1.99. The molecule has 9 nitrogen and oxygen atoms in total. The summed E-state index contributed by atoms with van der Waals surface area (Å²) in [7, 11) is 1.59. The lowest BCUT2D eigenvalue weighted by atomic mass is 10.2. The summed E-state index contributed by atoms with van der Waals surface area (Å²) in [6.07, 6.45) is 1.58. The van der Waals surface area contributed by atoms with E-state index in [1.807, 2.05) is 25.1 Å². The summed E-state index contributed by atoms with van der Waals surface area (Å²) in [4.78, 5) is 8.21. The average Bonchev–Trinajstić information content (AvgIpc) is 2.93. The van der Waals surface area contributed by atoms with Crippen molar-refractivity contribution in [3.05, 3.63) is 36.3 Å². The number of tetrazole rings is 1. The molecular weight excluding hydrogens is 284 g/mol. The molecular formula is C13H14N8O. The van der Waals surface area contributed by atoms with E-state index in [2.05, 4.69) is 30.8 Å². The Kier molecular flexibility index (Phi) is 3.52. The summed E-state index contributed by atoms with van der Waals surface area (Å²) in [6, 6.07) is 7.12. The van der Waals surface area contributed by atoms with Crippen LogP contribution in [0.5, 0.6) is 5.75 Å². The summed E-state index contributed by atoms with van der Waals surface area (Å²) >= 11 is 0.